The number of hydrogen-bond donors (Lipinski definition) is 1. The van der Waals surface area contributed by atoms with Crippen molar-refractivity contribution in [2.75, 3.05) is 20.6 Å². The van der Waals surface area contributed by atoms with Gasteiger partial charge in [0, 0.05) is 12.1 Å². The fourth-order valence-corrected chi connectivity index (χ4v) is 2.23. The third-order valence-corrected chi connectivity index (χ3v) is 2.69. The first kappa shape index (κ1) is 5.69. The molecule has 52 valence electrons. The second-order valence-corrected chi connectivity index (χ2v) is 3.46. The van der Waals surface area contributed by atoms with Crippen LogP contribution in [0.15, 0.2) is 0 Å². The van der Waals surface area contributed by atoms with Gasteiger partial charge in [-0.05, 0) is 33.0 Å². The first-order valence-electron chi connectivity index (χ1n) is 3.69. The van der Waals surface area contributed by atoms with Crippen LogP contribution in [0.1, 0.15) is 6.42 Å². The van der Waals surface area contributed by atoms with Crippen molar-refractivity contribution in [2.45, 2.75) is 18.5 Å². The van der Waals surface area contributed by atoms with Gasteiger partial charge in [-0.15, -0.1) is 0 Å². The van der Waals surface area contributed by atoms with E-state index in [1.165, 1.54) is 13.0 Å². The van der Waals surface area contributed by atoms with E-state index in [0.29, 0.717) is 0 Å². The lowest BCUT2D eigenvalue weighted by molar-refractivity contribution is 0.133. The van der Waals surface area contributed by atoms with Crippen molar-refractivity contribution in [2.24, 2.45) is 5.92 Å². The van der Waals surface area contributed by atoms with Gasteiger partial charge in [-0.2, -0.15) is 0 Å². The van der Waals surface area contributed by atoms with Crippen LogP contribution in [-0.4, -0.2) is 37.6 Å². The average molecular weight is 126 g/mol. The molecule has 0 aromatic heterocycles. The van der Waals surface area contributed by atoms with Crippen LogP contribution in [0.3, 0.4) is 0 Å². The van der Waals surface area contributed by atoms with Crippen molar-refractivity contribution in [1.29, 1.82) is 0 Å². The maximum atomic E-state index is 3.48. The molecule has 1 aliphatic carbocycles. The molecule has 3 aliphatic rings. The number of fused-ring (bicyclic) bond motifs is 1. The molecule has 9 heavy (non-hydrogen) atoms. The van der Waals surface area contributed by atoms with Crippen molar-refractivity contribution in [3.63, 3.8) is 0 Å². The fraction of sp³-hybridized carbons (Fsp3) is 1.00. The molecular weight excluding hydrogens is 112 g/mol. The Labute approximate surface area is 56.2 Å². The minimum atomic E-state index is 0.824. The standard InChI is InChI=1S/C7H14N2/c1-9(2)7-5-3-6(7)8-4-5/h5-8H,3-4H2,1-2H3/t5-,6-,7?/m0/s1. The summed E-state index contributed by atoms with van der Waals surface area (Å²) in [6, 6.07) is 1.68. The van der Waals surface area contributed by atoms with Crippen LogP contribution >= 0.6 is 0 Å². The Hall–Kier alpha value is -0.0800. The summed E-state index contributed by atoms with van der Waals surface area (Å²) in [5.74, 6) is 0.963. The third-order valence-electron chi connectivity index (χ3n) is 2.69. The second-order valence-electron chi connectivity index (χ2n) is 3.46. The molecule has 2 bridgehead atoms. The summed E-state index contributed by atoms with van der Waals surface area (Å²) in [5, 5.41) is 3.48. The molecule has 0 aromatic carbocycles. The summed E-state index contributed by atoms with van der Waals surface area (Å²) < 4.78 is 0. The molecule has 2 heterocycles. The zero-order chi connectivity index (χ0) is 6.43. The van der Waals surface area contributed by atoms with Gasteiger partial charge < -0.3 is 10.2 Å². The maximum Gasteiger partial charge on any atom is 0.0284 e. The Morgan fingerprint density at radius 1 is 1.44 bits per heavy atom. The second kappa shape index (κ2) is 1.70. The smallest absolute Gasteiger partial charge is 0.0284 e. The van der Waals surface area contributed by atoms with Crippen LogP contribution in [0, 0.1) is 5.92 Å². The lowest BCUT2D eigenvalue weighted by Gasteiger charge is -2.39. The zero-order valence-corrected chi connectivity index (χ0v) is 6.09. The van der Waals surface area contributed by atoms with Crippen LogP contribution < -0.4 is 5.32 Å². The summed E-state index contributed by atoms with van der Waals surface area (Å²) >= 11 is 0. The van der Waals surface area contributed by atoms with E-state index in [9.17, 15) is 0 Å². The maximum absolute atomic E-state index is 3.48. The van der Waals surface area contributed by atoms with Crippen molar-refractivity contribution in [3.05, 3.63) is 0 Å². The van der Waals surface area contributed by atoms with Crippen LogP contribution in [0.2, 0.25) is 0 Å². The molecule has 2 heteroatoms. The molecule has 3 rings (SSSR count). The van der Waals surface area contributed by atoms with Crippen molar-refractivity contribution >= 4 is 0 Å². The van der Waals surface area contributed by atoms with Gasteiger partial charge in [-0.1, -0.05) is 0 Å². The fourth-order valence-electron chi connectivity index (χ4n) is 2.23. The van der Waals surface area contributed by atoms with Gasteiger partial charge >= 0.3 is 0 Å². The van der Waals surface area contributed by atoms with Crippen molar-refractivity contribution in [1.82, 2.24) is 10.2 Å². The van der Waals surface area contributed by atoms with Crippen LogP contribution in [0.4, 0.5) is 0 Å². The summed E-state index contributed by atoms with van der Waals surface area (Å²) in [4.78, 5) is 2.35. The van der Waals surface area contributed by atoms with Gasteiger partial charge in [0.15, 0.2) is 0 Å². The highest BCUT2D eigenvalue weighted by atomic mass is 15.2. The normalized spacial score (nSPS) is 47.7. The Morgan fingerprint density at radius 2 is 2.22 bits per heavy atom. The van der Waals surface area contributed by atoms with E-state index < -0.39 is 0 Å². The lowest BCUT2D eigenvalue weighted by atomic mass is 9.79. The summed E-state index contributed by atoms with van der Waals surface area (Å²) in [6.07, 6.45) is 1.42. The summed E-state index contributed by atoms with van der Waals surface area (Å²) in [5.41, 5.74) is 0. The van der Waals surface area contributed by atoms with E-state index in [2.05, 4.69) is 24.3 Å². The number of nitrogens with zero attached hydrogens (tertiary/aromatic N) is 1. The van der Waals surface area contributed by atoms with Gasteiger partial charge in [-0.3, -0.25) is 0 Å². The van der Waals surface area contributed by atoms with Crippen LogP contribution in [0.5, 0.6) is 0 Å². The average Bonchev–Trinajstić information content (AvgIpc) is 2.13. The summed E-state index contributed by atoms with van der Waals surface area (Å²) in [7, 11) is 4.35. The Bertz CT molecular complexity index is 108. The number of likely N-dealkylation sites (N-methyl/N-ethyl adjacent to an activating group) is 1. The molecule has 2 saturated heterocycles. The quantitative estimate of drug-likeness (QED) is 0.528. The number of rotatable bonds is 1. The van der Waals surface area contributed by atoms with Crippen molar-refractivity contribution < 1.29 is 0 Å². The van der Waals surface area contributed by atoms with E-state index >= 15 is 0 Å². The molecule has 0 spiro atoms. The zero-order valence-electron chi connectivity index (χ0n) is 6.09. The van der Waals surface area contributed by atoms with E-state index in [1.807, 2.05) is 0 Å². The van der Waals surface area contributed by atoms with Crippen LogP contribution in [-0.2, 0) is 0 Å². The summed E-state index contributed by atoms with van der Waals surface area (Å²) in [6.45, 7) is 1.26. The monoisotopic (exact) mass is 126 g/mol. The molecule has 1 unspecified atom stereocenters. The Kier molecular flexibility index (Phi) is 1.08. The molecule has 0 amide bonds. The van der Waals surface area contributed by atoms with E-state index in [1.54, 1.807) is 0 Å². The van der Waals surface area contributed by atoms with Gasteiger partial charge in [0.05, 0.1) is 0 Å². The van der Waals surface area contributed by atoms with Gasteiger partial charge in [0.1, 0.15) is 0 Å². The molecule has 2 aliphatic heterocycles. The van der Waals surface area contributed by atoms with E-state index in [-0.39, 0.29) is 0 Å². The molecule has 3 fully saturated rings. The molecule has 0 radical (unpaired) electrons. The van der Waals surface area contributed by atoms with Crippen molar-refractivity contribution in [3.8, 4) is 0 Å². The molecule has 2 nitrogen and oxygen atoms in total. The minimum Gasteiger partial charge on any atom is -0.312 e. The van der Waals surface area contributed by atoms with Gasteiger partial charge in [-0.25, -0.2) is 0 Å². The molecule has 1 N–H and O–H groups in total. The first-order chi connectivity index (χ1) is 4.29. The Balaban J connectivity index is 2.02. The predicted octanol–water partition coefficient (Wildman–Crippen LogP) is -0.0917. The number of nitrogens with one attached hydrogen (secondary N) is 1. The topological polar surface area (TPSA) is 15.3 Å². The lowest BCUT2D eigenvalue weighted by Crippen LogP contribution is -2.51. The SMILES string of the molecule is CN(C)C1[C@@H]2CN[C@H]1C2. The number of hydrogen-bond acceptors (Lipinski definition) is 2. The molecule has 0 aromatic rings. The Morgan fingerprint density at radius 3 is 2.44 bits per heavy atom. The highest BCUT2D eigenvalue weighted by Crippen LogP contribution is 2.36. The van der Waals surface area contributed by atoms with Gasteiger partial charge in [0.2, 0.25) is 0 Å². The van der Waals surface area contributed by atoms with Crippen LogP contribution in [0.25, 0.3) is 0 Å². The third kappa shape index (κ3) is 0.634. The molecule has 1 saturated carbocycles. The first-order valence-corrected chi connectivity index (χ1v) is 3.69. The predicted molar refractivity (Wildman–Crippen MR) is 37.4 cm³/mol. The van der Waals surface area contributed by atoms with E-state index in [4.69, 9.17) is 0 Å². The molecular formula is C7H14N2. The largest absolute Gasteiger partial charge is 0.312 e. The highest BCUT2D eigenvalue weighted by molar-refractivity contribution is 5.06. The van der Waals surface area contributed by atoms with E-state index in [0.717, 1.165) is 18.0 Å². The molecule has 3 atom stereocenters. The highest BCUT2D eigenvalue weighted by Gasteiger charge is 2.47. The minimum absolute atomic E-state index is 0.824. The van der Waals surface area contributed by atoms with Gasteiger partial charge in [0.25, 0.3) is 0 Å².